The minimum absolute atomic E-state index is 0.0335. The van der Waals surface area contributed by atoms with E-state index in [-0.39, 0.29) is 42.7 Å². The fourth-order valence-electron chi connectivity index (χ4n) is 5.66. The van der Waals surface area contributed by atoms with Gasteiger partial charge < -0.3 is 23.8 Å². The summed E-state index contributed by atoms with van der Waals surface area (Å²) in [4.78, 5) is 37.0. The van der Waals surface area contributed by atoms with Crippen LogP contribution in [-0.4, -0.2) is 80.6 Å². The number of allylic oxidation sites excluding steroid dienone is 16. The number of unbranched alkanes of at least 4 members (excludes halogenated alkanes) is 7. The maximum absolute atomic E-state index is 12.7. The normalized spacial score (nSPS) is 13.9. The Morgan fingerprint density at radius 1 is 0.526 bits per heavy atom. The molecule has 0 fully saturated rings. The maximum atomic E-state index is 12.7. The molecular formula is C49H80NO7+. The van der Waals surface area contributed by atoms with Gasteiger partial charge in [0.05, 0.1) is 34.4 Å². The Morgan fingerprint density at radius 2 is 0.930 bits per heavy atom. The topological polar surface area (TPSA) is 99.1 Å². The predicted octanol–water partition coefficient (Wildman–Crippen LogP) is 11.9. The fourth-order valence-corrected chi connectivity index (χ4v) is 5.66. The number of carboxylic acids is 1. The molecule has 0 aliphatic carbocycles. The fraction of sp³-hybridized carbons (Fsp3) is 0.612. The summed E-state index contributed by atoms with van der Waals surface area (Å²) in [5.41, 5.74) is 0. The van der Waals surface area contributed by atoms with E-state index in [4.69, 9.17) is 14.2 Å². The van der Waals surface area contributed by atoms with Crippen LogP contribution in [0.5, 0.6) is 0 Å². The Labute approximate surface area is 347 Å². The van der Waals surface area contributed by atoms with Crippen LogP contribution in [0.25, 0.3) is 0 Å². The lowest BCUT2D eigenvalue weighted by molar-refractivity contribution is -0.887. The van der Waals surface area contributed by atoms with Crippen LogP contribution in [0.2, 0.25) is 0 Å². The first kappa shape index (κ1) is 53.2. The molecule has 2 atom stereocenters. The van der Waals surface area contributed by atoms with Gasteiger partial charge in [0.25, 0.3) is 0 Å². The largest absolute Gasteiger partial charge is 0.477 e. The van der Waals surface area contributed by atoms with Crippen LogP contribution >= 0.6 is 0 Å². The SMILES string of the molecule is CC/C=C/C/C=C/C/C=C/C/C=C/C/C=C/CCCCCC(=O)OC(COCCC(C(=O)O)[N+](C)(C)C)COC(=O)CCCCCC/C=C/C/C=C/C/C=C/CC. The molecule has 0 bridgehead atoms. The first-order valence-electron chi connectivity index (χ1n) is 21.8. The zero-order chi connectivity index (χ0) is 42.1. The van der Waals surface area contributed by atoms with Gasteiger partial charge in [-0.1, -0.05) is 130 Å². The average molecular weight is 795 g/mol. The van der Waals surface area contributed by atoms with Crippen molar-refractivity contribution >= 4 is 17.9 Å². The number of likely N-dealkylation sites (N-methyl/N-ethyl adjacent to an activating group) is 1. The van der Waals surface area contributed by atoms with Crippen LogP contribution < -0.4 is 0 Å². The highest BCUT2D eigenvalue weighted by atomic mass is 16.6. The number of rotatable bonds is 37. The molecule has 8 nitrogen and oxygen atoms in total. The van der Waals surface area contributed by atoms with E-state index in [0.29, 0.717) is 19.3 Å². The van der Waals surface area contributed by atoms with Gasteiger partial charge in [-0.2, -0.15) is 0 Å². The van der Waals surface area contributed by atoms with Crippen molar-refractivity contribution in [3.8, 4) is 0 Å². The Bertz CT molecular complexity index is 1250. The van der Waals surface area contributed by atoms with E-state index >= 15 is 0 Å². The Balaban J connectivity index is 4.48. The third-order valence-corrected chi connectivity index (χ3v) is 8.98. The number of esters is 2. The van der Waals surface area contributed by atoms with Crippen molar-refractivity contribution < 1.29 is 38.2 Å². The standard InChI is InChI=1S/C49H79NO7/c1-6-8-10-12-14-16-18-20-22-23-24-25-26-28-30-32-34-36-38-40-48(52)57-45(43-55-42-41-46(49(53)54)50(3,4)5)44-56-47(51)39-37-35-33-31-29-27-21-19-17-15-13-11-9-7-2/h8-11,14-17,20-22,24-25,27-28,30,45-46H,6-7,12-13,18-19,23,26,29,31-44H2,1-5H3/p+1/b10-8+,11-9+,16-14+,17-15+,22-20+,25-24+,27-21+,30-28+. The van der Waals surface area contributed by atoms with E-state index in [9.17, 15) is 19.5 Å². The van der Waals surface area contributed by atoms with Crippen LogP contribution in [0.15, 0.2) is 97.2 Å². The summed E-state index contributed by atoms with van der Waals surface area (Å²) in [6.07, 6.45) is 51.7. The Hall–Kier alpha value is -3.75. The van der Waals surface area contributed by atoms with Gasteiger partial charge in [-0.3, -0.25) is 9.59 Å². The second-order valence-electron chi connectivity index (χ2n) is 15.2. The lowest BCUT2D eigenvalue weighted by Crippen LogP contribution is -2.50. The molecule has 0 saturated carbocycles. The maximum Gasteiger partial charge on any atom is 0.362 e. The van der Waals surface area contributed by atoms with Gasteiger partial charge >= 0.3 is 17.9 Å². The molecule has 0 aliphatic heterocycles. The van der Waals surface area contributed by atoms with Crippen LogP contribution in [0.3, 0.4) is 0 Å². The first-order chi connectivity index (χ1) is 27.6. The quantitative estimate of drug-likeness (QED) is 0.0289. The van der Waals surface area contributed by atoms with E-state index in [0.717, 1.165) is 103 Å². The van der Waals surface area contributed by atoms with Crippen molar-refractivity contribution in [2.75, 3.05) is 41.0 Å². The highest BCUT2D eigenvalue weighted by Gasteiger charge is 2.31. The van der Waals surface area contributed by atoms with Gasteiger partial charge in [-0.15, -0.1) is 0 Å². The summed E-state index contributed by atoms with van der Waals surface area (Å²) in [5, 5.41) is 9.62. The molecule has 1 N–H and O–H groups in total. The summed E-state index contributed by atoms with van der Waals surface area (Å²) in [6, 6.07) is -0.630. The summed E-state index contributed by atoms with van der Waals surface area (Å²) in [5.74, 6) is -1.55. The monoisotopic (exact) mass is 795 g/mol. The molecule has 0 aromatic carbocycles. The first-order valence-corrected chi connectivity index (χ1v) is 21.8. The van der Waals surface area contributed by atoms with Gasteiger partial charge in [0.1, 0.15) is 6.61 Å². The van der Waals surface area contributed by atoms with Gasteiger partial charge in [-0.05, 0) is 89.9 Å². The van der Waals surface area contributed by atoms with E-state index in [1.807, 2.05) is 21.1 Å². The van der Waals surface area contributed by atoms with Crippen LogP contribution in [0, 0.1) is 0 Å². The number of carboxylic acid groups (broad SMARTS) is 1. The highest BCUT2D eigenvalue weighted by molar-refractivity contribution is 5.72. The number of ether oxygens (including phenoxy) is 3. The molecular weight excluding hydrogens is 715 g/mol. The molecule has 0 amide bonds. The summed E-state index contributed by atoms with van der Waals surface area (Å²) >= 11 is 0. The van der Waals surface area contributed by atoms with Crippen molar-refractivity contribution in [1.29, 1.82) is 0 Å². The van der Waals surface area contributed by atoms with Crippen molar-refractivity contribution in [1.82, 2.24) is 0 Å². The predicted molar refractivity (Wildman–Crippen MR) is 238 cm³/mol. The molecule has 0 saturated heterocycles. The van der Waals surface area contributed by atoms with E-state index in [1.165, 1.54) is 0 Å². The second-order valence-corrected chi connectivity index (χ2v) is 15.2. The average Bonchev–Trinajstić information content (AvgIpc) is 3.17. The summed E-state index contributed by atoms with van der Waals surface area (Å²) in [7, 11) is 5.49. The smallest absolute Gasteiger partial charge is 0.362 e. The molecule has 0 aromatic heterocycles. The molecule has 0 aliphatic rings. The number of nitrogens with zero attached hydrogens (tertiary/aromatic N) is 1. The van der Waals surface area contributed by atoms with Crippen LogP contribution in [0.1, 0.15) is 142 Å². The van der Waals surface area contributed by atoms with E-state index in [1.54, 1.807) is 0 Å². The second kappa shape index (κ2) is 39.1. The number of hydrogen-bond acceptors (Lipinski definition) is 6. The molecule has 0 rings (SSSR count). The molecule has 2 unspecified atom stereocenters. The van der Waals surface area contributed by atoms with Gasteiger partial charge in [0.2, 0.25) is 0 Å². The van der Waals surface area contributed by atoms with Crippen molar-refractivity contribution in [3.05, 3.63) is 97.2 Å². The number of aliphatic carboxylic acids is 1. The van der Waals surface area contributed by atoms with E-state index < -0.39 is 18.1 Å². The molecule has 8 heteroatoms. The van der Waals surface area contributed by atoms with Crippen LogP contribution in [0.4, 0.5) is 0 Å². The summed E-state index contributed by atoms with van der Waals surface area (Å²) < 4.78 is 17.2. The molecule has 0 heterocycles. The van der Waals surface area contributed by atoms with E-state index in [2.05, 4.69) is 111 Å². The molecule has 0 radical (unpaired) electrons. The van der Waals surface area contributed by atoms with Crippen molar-refractivity contribution in [3.63, 3.8) is 0 Å². The Kier molecular flexibility index (Phi) is 36.5. The van der Waals surface area contributed by atoms with Gasteiger partial charge in [0.15, 0.2) is 12.1 Å². The third kappa shape index (κ3) is 37.6. The summed E-state index contributed by atoms with van der Waals surface area (Å²) in [6.45, 7) is 4.42. The minimum Gasteiger partial charge on any atom is -0.477 e. The van der Waals surface area contributed by atoms with Crippen molar-refractivity contribution in [2.24, 2.45) is 0 Å². The molecule has 0 spiro atoms. The molecule has 322 valence electrons. The Morgan fingerprint density at radius 3 is 1.37 bits per heavy atom. The molecule has 57 heavy (non-hydrogen) atoms. The lowest BCUT2D eigenvalue weighted by atomic mass is 10.1. The zero-order valence-electron chi connectivity index (χ0n) is 36.5. The highest BCUT2D eigenvalue weighted by Crippen LogP contribution is 2.12. The third-order valence-electron chi connectivity index (χ3n) is 8.98. The number of carbonyl (C=O) groups is 3. The lowest BCUT2D eigenvalue weighted by Gasteiger charge is -2.31. The van der Waals surface area contributed by atoms with Crippen LogP contribution in [-0.2, 0) is 28.6 Å². The number of hydrogen-bond donors (Lipinski definition) is 1. The number of carbonyl (C=O) groups excluding carboxylic acids is 2. The van der Waals surface area contributed by atoms with Gasteiger partial charge in [0, 0.05) is 19.3 Å². The molecule has 0 aromatic rings. The van der Waals surface area contributed by atoms with Crippen molar-refractivity contribution in [2.45, 2.75) is 154 Å². The number of quaternary nitrogens is 1. The van der Waals surface area contributed by atoms with Gasteiger partial charge in [-0.25, -0.2) is 4.79 Å². The minimum atomic E-state index is -0.889. The zero-order valence-corrected chi connectivity index (χ0v) is 36.5.